The van der Waals surface area contributed by atoms with Crippen LogP contribution in [0.3, 0.4) is 0 Å². The number of rotatable bonds is 6. The molecule has 1 heterocycles. The summed E-state index contributed by atoms with van der Waals surface area (Å²) in [6.07, 6.45) is 0. The van der Waals surface area contributed by atoms with Crippen LogP contribution in [0.15, 0.2) is 78.4 Å². The van der Waals surface area contributed by atoms with Crippen molar-refractivity contribution in [1.29, 1.82) is 0 Å². The number of carbonyl (C=O) groups excluding carboxylic acids is 3. The molecule has 0 bridgehead atoms. The summed E-state index contributed by atoms with van der Waals surface area (Å²) >= 11 is 0. The summed E-state index contributed by atoms with van der Waals surface area (Å²) in [5, 5.41) is 11.0. The summed E-state index contributed by atoms with van der Waals surface area (Å²) in [6.45, 7) is 0.0446. The molecule has 1 saturated heterocycles. The standard InChI is InChI=1S/C27H22FNO6/c1-34-21-13-9-17(10-14-21)23-22(24(30)18-7-11-20(28)12-8-18)25(31)26(32)29(23)15-16-3-5-19(6-4-16)27(33)35-2/h3-14,23,30H,15H2,1-2H3/b24-22+. The van der Waals surface area contributed by atoms with Crippen molar-refractivity contribution in [2.45, 2.75) is 12.6 Å². The Labute approximate surface area is 201 Å². The van der Waals surface area contributed by atoms with Crippen molar-refractivity contribution >= 4 is 23.4 Å². The maximum atomic E-state index is 13.4. The monoisotopic (exact) mass is 475 g/mol. The van der Waals surface area contributed by atoms with E-state index < -0.39 is 35.3 Å². The molecule has 1 N–H and O–H groups in total. The third kappa shape index (κ3) is 4.63. The normalized spacial score (nSPS) is 16.9. The van der Waals surface area contributed by atoms with Crippen LogP contribution >= 0.6 is 0 Å². The fraction of sp³-hybridized carbons (Fsp3) is 0.148. The van der Waals surface area contributed by atoms with Crippen LogP contribution in [-0.4, -0.2) is 41.9 Å². The van der Waals surface area contributed by atoms with Gasteiger partial charge in [-0.3, -0.25) is 9.59 Å². The van der Waals surface area contributed by atoms with Crippen LogP contribution in [0.1, 0.15) is 33.1 Å². The summed E-state index contributed by atoms with van der Waals surface area (Å²) in [4.78, 5) is 39.3. The molecule has 1 amide bonds. The molecular formula is C27H22FNO6. The van der Waals surface area contributed by atoms with E-state index in [9.17, 15) is 23.9 Å². The number of hydrogen-bond acceptors (Lipinski definition) is 6. The number of likely N-dealkylation sites (tertiary alicyclic amines) is 1. The van der Waals surface area contributed by atoms with Gasteiger partial charge in [-0.1, -0.05) is 24.3 Å². The fourth-order valence-corrected chi connectivity index (χ4v) is 4.00. The van der Waals surface area contributed by atoms with Gasteiger partial charge >= 0.3 is 5.97 Å². The number of Topliss-reactive ketones (excluding diaryl/α,β-unsaturated/α-hetero) is 1. The number of methoxy groups -OCH3 is 2. The number of amides is 1. The first-order valence-electron chi connectivity index (χ1n) is 10.7. The van der Waals surface area contributed by atoms with Crippen LogP contribution < -0.4 is 4.74 Å². The molecule has 3 aromatic carbocycles. The predicted molar refractivity (Wildman–Crippen MR) is 125 cm³/mol. The Morgan fingerprint density at radius 2 is 1.51 bits per heavy atom. The highest BCUT2D eigenvalue weighted by Crippen LogP contribution is 2.40. The van der Waals surface area contributed by atoms with Crippen molar-refractivity contribution in [3.63, 3.8) is 0 Å². The predicted octanol–water partition coefficient (Wildman–Crippen LogP) is 4.24. The molecule has 0 saturated carbocycles. The van der Waals surface area contributed by atoms with E-state index in [-0.39, 0.29) is 17.7 Å². The molecule has 178 valence electrons. The molecule has 8 heteroatoms. The van der Waals surface area contributed by atoms with Crippen molar-refractivity contribution in [2.24, 2.45) is 0 Å². The van der Waals surface area contributed by atoms with Crippen LogP contribution in [0.25, 0.3) is 5.76 Å². The number of halogens is 1. The highest BCUT2D eigenvalue weighted by Gasteiger charge is 2.46. The lowest BCUT2D eigenvalue weighted by Crippen LogP contribution is -2.29. The summed E-state index contributed by atoms with van der Waals surface area (Å²) in [6, 6.07) is 17.4. The number of benzene rings is 3. The van der Waals surface area contributed by atoms with Gasteiger partial charge in [0.05, 0.1) is 31.4 Å². The largest absolute Gasteiger partial charge is 0.507 e. The Kier molecular flexibility index (Phi) is 6.64. The van der Waals surface area contributed by atoms with E-state index in [4.69, 9.17) is 9.47 Å². The first-order valence-corrected chi connectivity index (χ1v) is 10.7. The van der Waals surface area contributed by atoms with Crippen molar-refractivity contribution in [3.8, 4) is 5.75 Å². The van der Waals surface area contributed by atoms with Crippen molar-refractivity contribution in [1.82, 2.24) is 4.90 Å². The molecule has 1 unspecified atom stereocenters. The van der Waals surface area contributed by atoms with E-state index in [1.807, 2.05) is 0 Å². The highest BCUT2D eigenvalue weighted by molar-refractivity contribution is 6.46. The number of carbonyl (C=O) groups is 3. The van der Waals surface area contributed by atoms with Gasteiger partial charge in [-0.05, 0) is 59.7 Å². The van der Waals surface area contributed by atoms with E-state index in [0.717, 1.165) is 12.1 Å². The molecule has 0 radical (unpaired) electrons. The average Bonchev–Trinajstić information content (AvgIpc) is 3.13. The van der Waals surface area contributed by atoms with Gasteiger partial charge in [0.25, 0.3) is 11.7 Å². The maximum Gasteiger partial charge on any atom is 0.337 e. The molecule has 4 rings (SSSR count). The van der Waals surface area contributed by atoms with Crippen LogP contribution in [0.5, 0.6) is 5.75 Å². The zero-order valence-electron chi connectivity index (χ0n) is 19.0. The second-order valence-corrected chi connectivity index (χ2v) is 7.90. The number of hydrogen-bond donors (Lipinski definition) is 1. The Morgan fingerprint density at radius 1 is 0.914 bits per heavy atom. The SMILES string of the molecule is COC(=O)c1ccc(CN2C(=O)C(=O)/C(=C(/O)c3ccc(F)cc3)C2c2ccc(OC)cc2)cc1. The Morgan fingerprint density at radius 3 is 2.09 bits per heavy atom. The van der Waals surface area contributed by atoms with Crippen LogP contribution in [0, 0.1) is 5.82 Å². The molecule has 0 spiro atoms. The summed E-state index contributed by atoms with van der Waals surface area (Å²) in [5.74, 6) is -2.43. The van der Waals surface area contributed by atoms with Gasteiger partial charge in [0.15, 0.2) is 0 Å². The van der Waals surface area contributed by atoms with E-state index in [1.54, 1.807) is 48.5 Å². The Balaban J connectivity index is 1.79. The van der Waals surface area contributed by atoms with Gasteiger partial charge in [0.2, 0.25) is 0 Å². The number of nitrogens with zero attached hydrogens (tertiary/aromatic N) is 1. The quantitative estimate of drug-likeness (QED) is 0.248. The molecule has 1 aliphatic heterocycles. The second kappa shape index (κ2) is 9.80. The third-order valence-corrected chi connectivity index (χ3v) is 5.82. The van der Waals surface area contributed by atoms with Gasteiger partial charge in [0.1, 0.15) is 17.3 Å². The zero-order valence-corrected chi connectivity index (χ0v) is 19.0. The lowest BCUT2D eigenvalue weighted by Gasteiger charge is -2.25. The van der Waals surface area contributed by atoms with Crippen molar-refractivity contribution < 1.29 is 33.4 Å². The van der Waals surface area contributed by atoms with Gasteiger partial charge in [-0.2, -0.15) is 0 Å². The number of aliphatic hydroxyl groups is 1. The Bertz CT molecular complexity index is 1300. The van der Waals surface area contributed by atoms with Crippen molar-refractivity contribution in [2.75, 3.05) is 14.2 Å². The fourth-order valence-electron chi connectivity index (χ4n) is 4.00. The second-order valence-electron chi connectivity index (χ2n) is 7.90. The minimum absolute atomic E-state index is 0.0446. The van der Waals surface area contributed by atoms with E-state index >= 15 is 0 Å². The third-order valence-electron chi connectivity index (χ3n) is 5.82. The van der Waals surface area contributed by atoms with Gasteiger partial charge < -0.3 is 19.5 Å². The topological polar surface area (TPSA) is 93.1 Å². The smallest absolute Gasteiger partial charge is 0.337 e. The van der Waals surface area contributed by atoms with Gasteiger partial charge in [-0.25, -0.2) is 9.18 Å². The average molecular weight is 475 g/mol. The molecule has 1 aliphatic rings. The number of esters is 1. The molecule has 3 aromatic rings. The maximum absolute atomic E-state index is 13.4. The van der Waals surface area contributed by atoms with Gasteiger partial charge in [-0.15, -0.1) is 0 Å². The van der Waals surface area contributed by atoms with Crippen molar-refractivity contribution in [3.05, 3.63) is 106 Å². The Hall–Kier alpha value is -4.46. The molecule has 1 atom stereocenters. The number of aliphatic hydroxyl groups excluding tert-OH is 1. The molecule has 35 heavy (non-hydrogen) atoms. The minimum Gasteiger partial charge on any atom is -0.507 e. The summed E-state index contributed by atoms with van der Waals surface area (Å²) < 4.78 is 23.3. The first kappa shape index (κ1) is 23.7. The molecule has 7 nitrogen and oxygen atoms in total. The lowest BCUT2D eigenvalue weighted by molar-refractivity contribution is -0.140. The lowest BCUT2D eigenvalue weighted by atomic mass is 9.95. The highest BCUT2D eigenvalue weighted by atomic mass is 19.1. The van der Waals surface area contributed by atoms with Crippen LogP contribution in [0.4, 0.5) is 4.39 Å². The molecule has 0 aliphatic carbocycles. The first-order chi connectivity index (χ1) is 16.8. The molecule has 0 aromatic heterocycles. The number of ketones is 1. The van der Waals surface area contributed by atoms with Gasteiger partial charge in [0, 0.05) is 12.1 Å². The number of ether oxygens (including phenoxy) is 2. The van der Waals surface area contributed by atoms with Crippen LogP contribution in [-0.2, 0) is 20.9 Å². The summed E-state index contributed by atoms with van der Waals surface area (Å²) in [7, 11) is 2.80. The summed E-state index contributed by atoms with van der Waals surface area (Å²) in [5.41, 5.74) is 1.71. The molecule has 1 fully saturated rings. The zero-order chi connectivity index (χ0) is 25.1. The van der Waals surface area contributed by atoms with E-state index in [1.165, 1.54) is 31.3 Å². The van der Waals surface area contributed by atoms with E-state index in [2.05, 4.69) is 0 Å². The van der Waals surface area contributed by atoms with E-state index in [0.29, 0.717) is 22.4 Å². The minimum atomic E-state index is -0.897. The molecular weight excluding hydrogens is 453 g/mol. The van der Waals surface area contributed by atoms with Crippen LogP contribution in [0.2, 0.25) is 0 Å².